The second kappa shape index (κ2) is 13.6. The third kappa shape index (κ3) is 7.58. The Hall–Kier alpha value is -2.85. The van der Waals surface area contributed by atoms with Crippen molar-refractivity contribution in [3.05, 3.63) is 23.8 Å². The van der Waals surface area contributed by atoms with Gasteiger partial charge in [-0.2, -0.15) is 0 Å². The lowest BCUT2D eigenvalue weighted by Gasteiger charge is -2.38. The van der Waals surface area contributed by atoms with Crippen LogP contribution in [-0.2, 0) is 14.3 Å². The number of amides is 4. The van der Waals surface area contributed by atoms with Crippen molar-refractivity contribution in [1.82, 2.24) is 15.1 Å². The average Bonchev–Trinajstić information content (AvgIpc) is 2.91. The molecule has 0 unspecified atom stereocenters. The van der Waals surface area contributed by atoms with E-state index in [1.54, 1.807) is 37.3 Å². The number of rotatable bonds is 5. The molecule has 206 valence electrons. The Balaban J connectivity index is 1.90. The number of anilines is 1. The molecule has 1 fully saturated rings. The first-order valence-corrected chi connectivity index (χ1v) is 13.2. The Labute approximate surface area is 220 Å². The number of fused-ring (bicyclic) bond motifs is 1. The smallest absolute Gasteiger partial charge is 0.319 e. The summed E-state index contributed by atoms with van der Waals surface area (Å²) in [6.07, 6.45) is 1.99. The van der Waals surface area contributed by atoms with Gasteiger partial charge in [-0.1, -0.05) is 13.8 Å². The molecule has 4 amide bonds. The molecular weight excluding hydrogens is 476 g/mol. The molecular formula is C27H42N4O6. The zero-order valence-electron chi connectivity index (χ0n) is 22.7. The maximum Gasteiger partial charge on any atom is 0.319 e. The van der Waals surface area contributed by atoms with E-state index >= 15 is 0 Å². The molecule has 10 heteroatoms. The molecule has 3 rings (SSSR count). The summed E-state index contributed by atoms with van der Waals surface area (Å²) in [5, 5.41) is 5.56. The molecule has 0 saturated carbocycles. The van der Waals surface area contributed by atoms with E-state index in [0.717, 1.165) is 6.42 Å². The Morgan fingerprint density at radius 2 is 1.89 bits per heavy atom. The van der Waals surface area contributed by atoms with Crippen molar-refractivity contribution in [1.29, 1.82) is 0 Å². The number of urea groups is 1. The second-order valence-electron chi connectivity index (χ2n) is 10.1. The van der Waals surface area contributed by atoms with Crippen molar-refractivity contribution in [3.8, 4) is 5.75 Å². The Morgan fingerprint density at radius 1 is 1.16 bits per heavy atom. The van der Waals surface area contributed by atoms with Gasteiger partial charge in [0.1, 0.15) is 12.4 Å². The van der Waals surface area contributed by atoms with Crippen molar-refractivity contribution in [2.24, 2.45) is 11.8 Å². The van der Waals surface area contributed by atoms with Gasteiger partial charge in [-0.15, -0.1) is 0 Å². The number of likely N-dealkylation sites (N-methyl/N-ethyl adjacent to an activating group) is 1. The Kier molecular flexibility index (Phi) is 10.6. The van der Waals surface area contributed by atoms with Crippen molar-refractivity contribution >= 4 is 23.5 Å². The molecule has 2 N–H and O–H groups in total. The van der Waals surface area contributed by atoms with Crippen LogP contribution in [-0.4, -0.2) is 93.4 Å². The van der Waals surface area contributed by atoms with E-state index in [-0.39, 0.29) is 48.4 Å². The minimum atomic E-state index is -0.322. The molecule has 0 aromatic heterocycles. The Bertz CT molecular complexity index is 935. The van der Waals surface area contributed by atoms with Crippen LogP contribution >= 0.6 is 0 Å². The van der Waals surface area contributed by atoms with E-state index in [4.69, 9.17) is 14.2 Å². The van der Waals surface area contributed by atoms with E-state index in [1.165, 1.54) is 0 Å². The normalized spacial score (nSPS) is 23.8. The van der Waals surface area contributed by atoms with Crippen LogP contribution < -0.4 is 15.4 Å². The van der Waals surface area contributed by atoms with Gasteiger partial charge in [0, 0.05) is 70.6 Å². The number of methoxy groups -OCH3 is 1. The average molecular weight is 519 g/mol. The topological polar surface area (TPSA) is 109 Å². The predicted octanol–water partition coefficient (Wildman–Crippen LogP) is 2.98. The van der Waals surface area contributed by atoms with Crippen molar-refractivity contribution in [3.63, 3.8) is 0 Å². The molecule has 1 saturated heterocycles. The third-order valence-electron chi connectivity index (χ3n) is 7.09. The van der Waals surface area contributed by atoms with Gasteiger partial charge in [0.25, 0.3) is 5.91 Å². The number of carbonyl (C=O) groups is 3. The molecule has 37 heavy (non-hydrogen) atoms. The summed E-state index contributed by atoms with van der Waals surface area (Å²) in [5.41, 5.74) is 0.903. The fourth-order valence-corrected chi connectivity index (χ4v) is 4.75. The number of nitrogens with zero attached hydrogens (tertiary/aromatic N) is 2. The van der Waals surface area contributed by atoms with E-state index in [9.17, 15) is 14.4 Å². The summed E-state index contributed by atoms with van der Waals surface area (Å²) < 4.78 is 17.4. The highest BCUT2D eigenvalue weighted by Gasteiger charge is 2.33. The van der Waals surface area contributed by atoms with Crippen LogP contribution in [0.4, 0.5) is 10.5 Å². The largest absolute Gasteiger partial charge is 0.491 e. The summed E-state index contributed by atoms with van der Waals surface area (Å²) in [6, 6.07) is 4.45. The maximum absolute atomic E-state index is 13.6. The standard InChI is InChI=1S/C27H42N4O6/c1-6-11-28-27(34)29-21-7-8-22-23(14-21)37-17-19(3)31(25(32)20-9-12-36-13-10-20)15-18(2)24(35-5)16-30(4)26(22)33/h7-8,14,18-20,24H,6,9-13,15-17H2,1-5H3,(H2,28,29,34)/t18-,19+,24+/m1/s1. The fourth-order valence-electron chi connectivity index (χ4n) is 4.75. The highest BCUT2D eigenvalue weighted by Crippen LogP contribution is 2.28. The molecule has 0 spiro atoms. The van der Waals surface area contributed by atoms with E-state index in [1.807, 2.05) is 25.7 Å². The zero-order valence-corrected chi connectivity index (χ0v) is 22.7. The molecule has 10 nitrogen and oxygen atoms in total. The molecule has 2 aliphatic rings. The van der Waals surface area contributed by atoms with Crippen LogP contribution in [0.2, 0.25) is 0 Å². The predicted molar refractivity (Wildman–Crippen MR) is 141 cm³/mol. The molecule has 1 aromatic rings. The minimum Gasteiger partial charge on any atom is -0.491 e. The zero-order chi connectivity index (χ0) is 26.9. The first kappa shape index (κ1) is 28.7. The molecule has 2 aliphatic heterocycles. The van der Waals surface area contributed by atoms with Crippen LogP contribution in [0, 0.1) is 11.8 Å². The van der Waals surface area contributed by atoms with Crippen LogP contribution in [0.3, 0.4) is 0 Å². The quantitative estimate of drug-likeness (QED) is 0.620. The maximum atomic E-state index is 13.6. The number of hydrogen-bond acceptors (Lipinski definition) is 6. The number of ether oxygens (including phenoxy) is 3. The van der Waals surface area contributed by atoms with Gasteiger partial charge in [-0.25, -0.2) is 4.79 Å². The van der Waals surface area contributed by atoms with Gasteiger partial charge in [0.15, 0.2) is 0 Å². The number of carbonyl (C=O) groups excluding carboxylic acids is 3. The van der Waals surface area contributed by atoms with Gasteiger partial charge in [0.05, 0.1) is 17.7 Å². The number of hydrogen-bond donors (Lipinski definition) is 2. The first-order chi connectivity index (χ1) is 17.7. The van der Waals surface area contributed by atoms with Crippen LogP contribution in [0.5, 0.6) is 5.75 Å². The van der Waals surface area contributed by atoms with E-state index in [0.29, 0.717) is 62.7 Å². The molecule has 3 atom stereocenters. The van der Waals surface area contributed by atoms with Gasteiger partial charge >= 0.3 is 6.03 Å². The van der Waals surface area contributed by atoms with Crippen molar-refractivity contribution < 1.29 is 28.6 Å². The lowest BCUT2D eigenvalue weighted by molar-refractivity contribution is -0.142. The summed E-state index contributed by atoms with van der Waals surface area (Å²) in [6.45, 7) is 8.79. The molecule has 0 radical (unpaired) electrons. The lowest BCUT2D eigenvalue weighted by Crippen LogP contribution is -2.50. The van der Waals surface area contributed by atoms with Gasteiger partial charge in [0.2, 0.25) is 5.91 Å². The van der Waals surface area contributed by atoms with Crippen LogP contribution in [0.1, 0.15) is 50.4 Å². The molecule has 0 bridgehead atoms. The number of nitrogens with one attached hydrogen (secondary N) is 2. The second-order valence-corrected chi connectivity index (χ2v) is 10.1. The number of benzene rings is 1. The fraction of sp³-hybridized carbons (Fsp3) is 0.667. The monoisotopic (exact) mass is 518 g/mol. The summed E-state index contributed by atoms with van der Waals surface area (Å²) >= 11 is 0. The summed E-state index contributed by atoms with van der Waals surface area (Å²) in [5.74, 6) is 0.184. The van der Waals surface area contributed by atoms with E-state index in [2.05, 4.69) is 10.6 Å². The first-order valence-electron chi connectivity index (χ1n) is 13.2. The van der Waals surface area contributed by atoms with Crippen molar-refractivity contribution in [2.75, 3.05) is 58.9 Å². The highest BCUT2D eigenvalue weighted by atomic mass is 16.5. The van der Waals surface area contributed by atoms with Gasteiger partial charge in [-0.3, -0.25) is 9.59 Å². The van der Waals surface area contributed by atoms with Gasteiger partial charge < -0.3 is 34.6 Å². The molecule has 0 aliphatic carbocycles. The molecule has 1 aromatic carbocycles. The lowest BCUT2D eigenvalue weighted by atomic mass is 9.95. The van der Waals surface area contributed by atoms with Gasteiger partial charge in [-0.05, 0) is 38.3 Å². The minimum absolute atomic E-state index is 0.00130. The van der Waals surface area contributed by atoms with Crippen molar-refractivity contribution in [2.45, 2.75) is 52.2 Å². The highest BCUT2D eigenvalue weighted by molar-refractivity contribution is 5.98. The van der Waals surface area contributed by atoms with Crippen LogP contribution in [0.25, 0.3) is 0 Å². The van der Waals surface area contributed by atoms with Crippen LogP contribution in [0.15, 0.2) is 18.2 Å². The summed E-state index contributed by atoms with van der Waals surface area (Å²) in [7, 11) is 3.37. The summed E-state index contributed by atoms with van der Waals surface area (Å²) in [4.78, 5) is 42.7. The third-order valence-corrected chi connectivity index (χ3v) is 7.09. The Morgan fingerprint density at radius 3 is 2.57 bits per heavy atom. The SMILES string of the molecule is CCCNC(=O)Nc1ccc2c(c1)OC[C@H](C)N(C(=O)C1CCOCC1)C[C@@H](C)[C@@H](OC)CN(C)C2=O. The van der Waals surface area contributed by atoms with E-state index < -0.39 is 0 Å². The molecule has 2 heterocycles.